The number of carbonyl (C=O) groups excluding carboxylic acids is 1. The second-order valence-electron chi connectivity index (χ2n) is 4.88. The number of hydrogen-bond donors (Lipinski definition) is 1. The lowest BCUT2D eigenvalue weighted by atomic mass is 9.82. The minimum atomic E-state index is -0.300. The molecule has 1 unspecified atom stereocenters. The van der Waals surface area contributed by atoms with Gasteiger partial charge < -0.3 is 5.73 Å². The number of amides is 1. The summed E-state index contributed by atoms with van der Waals surface area (Å²) >= 11 is 0. The van der Waals surface area contributed by atoms with Crippen LogP contribution in [0.3, 0.4) is 0 Å². The lowest BCUT2D eigenvalue weighted by molar-refractivity contribution is -0.118. The Hall–Kier alpha value is -1.38. The Balaban J connectivity index is 2.22. The third-order valence-electron chi connectivity index (χ3n) is 3.67. The van der Waals surface area contributed by atoms with Crippen molar-refractivity contribution in [3.05, 3.63) is 35.6 Å². The Labute approximate surface area is 101 Å². The summed E-state index contributed by atoms with van der Waals surface area (Å²) in [5.74, 6) is 0.0242. The van der Waals surface area contributed by atoms with Gasteiger partial charge in [-0.05, 0) is 42.4 Å². The Morgan fingerprint density at radius 3 is 2.71 bits per heavy atom. The third kappa shape index (κ3) is 3.05. The minimum Gasteiger partial charge on any atom is -0.370 e. The summed E-state index contributed by atoms with van der Waals surface area (Å²) in [5, 5.41) is 0. The van der Waals surface area contributed by atoms with Crippen molar-refractivity contribution >= 4 is 5.91 Å². The molecule has 3 heteroatoms. The molecular weight excluding hydrogens is 217 g/mol. The number of halogens is 1. The molecule has 17 heavy (non-hydrogen) atoms. The molecule has 1 atom stereocenters. The molecule has 0 saturated heterocycles. The molecule has 0 radical (unpaired) electrons. The summed E-state index contributed by atoms with van der Waals surface area (Å²) in [5.41, 5.74) is 6.22. The molecule has 0 bridgehead atoms. The van der Waals surface area contributed by atoms with Gasteiger partial charge in [-0.1, -0.05) is 25.0 Å². The van der Waals surface area contributed by atoms with Crippen molar-refractivity contribution in [2.75, 3.05) is 0 Å². The molecule has 0 aromatic heterocycles. The smallest absolute Gasteiger partial charge is 0.218 e. The van der Waals surface area contributed by atoms with Crippen LogP contribution in [0.5, 0.6) is 0 Å². The van der Waals surface area contributed by atoms with Gasteiger partial charge >= 0.3 is 0 Å². The van der Waals surface area contributed by atoms with Gasteiger partial charge in [0.25, 0.3) is 0 Å². The molecular formula is C14H18FNO. The third-order valence-corrected chi connectivity index (χ3v) is 3.67. The van der Waals surface area contributed by atoms with E-state index in [9.17, 15) is 9.18 Å². The van der Waals surface area contributed by atoms with E-state index >= 15 is 0 Å². The molecule has 92 valence electrons. The van der Waals surface area contributed by atoms with Crippen molar-refractivity contribution < 1.29 is 9.18 Å². The second-order valence-corrected chi connectivity index (χ2v) is 4.88. The van der Waals surface area contributed by atoms with Crippen molar-refractivity contribution in [3.8, 4) is 0 Å². The first kappa shape index (κ1) is 12.1. The maximum atomic E-state index is 13.2. The second kappa shape index (κ2) is 5.30. The van der Waals surface area contributed by atoms with Crippen LogP contribution in [0.4, 0.5) is 4.39 Å². The van der Waals surface area contributed by atoms with Crippen LogP contribution in [0.25, 0.3) is 0 Å². The molecule has 1 aromatic rings. The summed E-state index contributed by atoms with van der Waals surface area (Å²) in [7, 11) is 0. The fourth-order valence-electron chi connectivity index (χ4n) is 2.87. The summed E-state index contributed by atoms with van der Waals surface area (Å²) in [6.45, 7) is 0. The quantitative estimate of drug-likeness (QED) is 0.856. The maximum Gasteiger partial charge on any atom is 0.218 e. The molecule has 0 aliphatic heterocycles. The first-order valence-corrected chi connectivity index (χ1v) is 6.20. The lowest BCUT2D eigenvalue weighted by Crippen LogP contribution is -2.20. The standard InChI is InChI=1S/C14H18FNO/c15-12-7-3-6-11(8-12)13(9-14(16)17)10-4-1-2-5-10/h3,6-8,10,13H,1-2,4-5,9H2,(H2,16,17). The van der Waals surface area contributed by atoms with E-state index in [-0.39, 0.29) is 17.6 Å². The first-order valence-electron chi connectivity index (χ1n) is 6.20. The highest BCUT2D eigenvalue weighted by molar-refractivity contribution is 5.74. The van der Waals surface area contributed by atoms with E-state index in [2.05, 4.69) is 0 Å². The van der Waals surface area contributed by atoms with Crippen LogP contribution in [0.15, 0.2) is 24.3 Å². The lowest BCUT2D eigenvalue weighted by Gasteiger charge is -2.22. The topological polar surface area (TPSA) is 43.1 Å². The predicted molar refractivity (Wildman–Crippen MR) is 64.9 cm³/mol. The summed E-state index contributed by atoms with van der Waals surface area (Å²) in [4.78, 5) is 11.2. The SMILES string of the molecule is NC(=O)CC(c1cccc(F)c1)C1CCCC1. The monoisotopic (exact) mass is 235 g/mol. The Kier molecular flexibility index (Phi) is 3.77. The van der Waals surface area contributed by atoms with Gasteiger partial charge in [0.05, 0.1) is 0 Å². The van der Waals surface area contributed by atoms with Crippen molar-refractivity contribution in [1.29, 1.82) is 0 Å². The number of nitrogens with two attached hydrogens (primary N) is 1. The number of benzene rings is 1. The van der Waals surface area contributed by atoms with E-state index in [4.69, 9.17) is 5.73 Å². The summed E-state index contributed by atoms with van der Waals surface area (Å²) < 4.78 is 13.2. The Morgan fingerprint density at radius 2 is 2.12 bits per heavy atom. The van der Waals surface area contributed by atoms with Crippen molar-refractivity contribution in [3.63, 3.8) is 0 Å². The van der Waals surface area contributed by atoms with Gasteiger partial charge in [0, 0.05) is 6.42 Å². The molecule has 1 aliphatic carbocycles. The van der Waals surface area contributed by atoms with E-state index in [0.717, 1.165) is 18.4 Å². The average Bonchev–Trinajstić information content (AvgIpc) is 2.79. The molecule has 0 spiro atoms. The molecule has 1 saturated carbocycles. The highest BCUT2D eigenvalue weighted by atomic mass is 19.1. The Morgan fingerprint density at radius 1 is 1.41 bits per heavy atom. The number of hydrogen-bond acceptors (Lipinski definition) is 1. The van der Waals surface area contributed by atoms with E-state index in [1.807, 2.05) is 6.07 Å². The molecule has 1 fully saturated rings. The minimum absolute atomic E-state index is 0.0886. The van der Waals surface area contributed by atoms with Crippen LogP contribution in [-0.4, -0.2) is 5.91 Å². The van der Waals surface area contributed by atoms with Gasteiger partial charge in [-0.15, -0.1) is 0 Å². The molecule has 1 aliphatic rings. The molecule has 1 aromatic carbocycles. The maximum absolute atomic E-state index is 13.2. The van der Waals surface area contributed by atoms with Crippen LogP contribution < -0.4 is 5.73 Å². The van der Waals surface area contributed by atoms with Crippen molar-refractivity contribution in [1.82, 2.24) is 0 Å². The van der Waals surface area contributed by atoms with Gasteiger partial charge in [-0.25, -0.2) is 4.39 Å². The Bertz CT molecular complexity index is 399. The van der Waals surface area contributed by atoms with Gasteiger partial charge in [0.15, 0.2) is 0 Å². The predicted octanol–water partition coefficient (Wildman–Crippen LogP) is 2.97. The van der Waals surface area contributed by atoms with Crippen molar-refractivity contribution in [2.45, 2.75) is 38.0 Å². The zero-order chi connectivity index (χ0) is 12.3. The number of rotatable bonds is 4. The van der Waals surface area contributed by atoms with Crippen LogP contribution in [-0.2, 0) is 4.79 Å². The van der Waals surface area contributed by atoms with Gasteiger partial charge in [-0.2, -0.15) is 0 Å². The first-order chi connectivity index (χ1) is 8.16. The van der Waals surface area contributed by atoms with Gasteiger partial charge in [0.1, 0.15) is 5.82 Å². The van der Waals surface area contributed by atoms with Gasteiger partial charge in [0.2, 0.25) is 5.91 Å². The molecule has 2 nitrogen and oxygen atoms in total. The highest BCUT2D eigenvalue weighted by Crippen LogP contribution is 2.39. The van der Waals surface area contributed by atoms with E-state index in [1.165, 1.54) is 25.0 Å². The molecule has 2 N–H and O–H groups in total. The number of carbonyl (C=O) groups is 1. The van der Waals surface area contributed by atoms with Gasteiger partial charge in [-0.3, -0.25) is 4.79 Å². The van der Waals surface area contributed by atoms with Crippen molar-refractivity contribution in [2.24, 2.45) is 11.7 Å². The summed E-state index contributed by atoms with van der Waals surface area (Å²) in [6.07, 6.45) is 4.97. The van der Waals surface area contributed by atoms with Crippen LogP contribution in [0.1, 0.15) is 43.6 Å². The normalized spacial score (nSPS) is 18.2. The zero-order valence-electron chi connectivity index (χ0n) is 9.86. The molecule has 0 heterocycles. The van der Waals surface area contributed by atoms with Crippen LogP contribution in [0, 0.1) is 11.7 Å². The fraction of sp³-hybridized carbons (Fsp3) is 0.500. The molecule has 2 rings (SSSR count). The van der Waals surface area contributed by atoms with Crippen LogP contribution >= 0.6 is 0 Å². The van der Waals surface area contributed by atoms with E-state index < -0.39 is 0 Å². The fourth-order valence-corrected chi connectivity index (χ4v) is 2.87. The van der Waals surface area contributed by atoms with E-state index in [0.29, 0.717) is 12.3 Å². The number of primary amides is 1. The molecule has 1 amide bonds. The van der Waals surface area contributed by atoms with E-state index in [1.54, 1.807) is 6.07 Å². The largest absolute Gasteiger partial charge is 0.370 e. The van der Waals surface area contributed by atoms with Crippen LogP contribution in [0.2, 0.25) is 0 Å². The highest BCUT2D eigenvalue weighted by Gasteiger charge is 2.27. The summed E-state index contributed by atoms with van der Waals surface area (Å²) in [6, 6.07) is 6.56. The average molecular weight is 235 g/mol. The zero-order valence-corrected chi connectivity index (χ0v) is 9.86.